The van der Waals surface area contributed by atoms with E-state index in [0.29, 0.717) is 6.54 Å². The van der Waals surface area contributed by atoms with Crippen LogP contribution in [0.15, 0.2) is 24.3 Å². The third-order valence-electron chi connectivity index (χ3n) is 4.49. The number of benzene rings is 1. The number of fused-ring (bicyclic) bond motifs is 1. The minimum absolute atomic E-state index is 0.0202. The highest BCUT2D eigenvalue weighted by molar-refractivity contribution is 7.11. The second-order valence-corrected chi connectivity index (χ2v) is 7.74. The number of rotatable bonds is 4. The molecule has 0 saturated heterocycles. The van der Waals surface area contributed by atoms with Gasteiger partial charge in [-0.05, 0) is 45.2 Å². The topological polar surface area (TPSA) is 74.3 Å². The van der Waals surface area contributed by atoms with Crippen LogP contribution in [0.4, 0.5) is 10.5 Å². The van der Waals surface area contributed by atoms with E-state index in [9.17, 15) is 9.59 Å². The minimum Gasteiger partial charge on any atom is -0.331 e. The summed E-state index contributed by atoms with van der Waals surface area (Å²) in [7, 11) is 0. The van der Waals surface area contributed by atoms with Crippen LogP contribution in [0.3, 0.4) is 0 Å². The second kappa shape index (κ2) is 7.86. The van der Waals surface area contributed by atoms with E-state index in [-0.39, 0.29) is 24.5 Å². The van der Waals surface area contributed by atoms with Gasteiger partial charge in [-0.15, -0.1) is 11.3 Å². The van der Waals surface area contributed by atoms with E-state index < -0.39 is 0 Å². The van der Waals surface area contributed by atoms with Crippen molar-refractivity contribution >= 4 is 29.0 Å². The highest BCUT2D eigenvalue weighted by Crippen LogP contribution is 2.26. The number of anilines is 1. The Morgan fingerprint density at radius 3 is 2.81 bits per heavy atom. The molecule has 2 aromatic rings. The van der Waals surface area contributed by atoms with Crippen LogP contribution in [0.1, 0.15) is 40.5 Å². The molecule has 6 nitrogen and oxygen atoms in total. The Kier molecular flexibility index (Phi) is 5.56. The van der Waals surface area contributed by atoms with E-state index >= 15 is 0 Å². The lowest BCUT2D eigenvalue weighted by Gasteiger charge is -2.29. The van der Waals surface area contributed by atoms with Gasteiger partial charge in [0, 0.05) is 17.1 Å². The summed E-state index contributed by atoms with van der Waals surface area (Å²) in [6, 6.07) is 7.45. The summed E-state index contributed by atoms with van der Waals surface area (Å²) in [6.45, 7) is 6.47. The molecule has 0 spiro atoms. The molecule has 0 fully saturated rings. The molecule has 3 amide bonds. The van der Waals surface area contributed by atoms with Crippen molar-refractivity contribution in [3.63, 3.8) is 0 Å². The third kappa shape index (κ3) is 4.04. The van der Waals surface area contributed by atoms with Gasteiger partial charge in [0.25, 0.3) is 0 Å². The first kappa shape index (κ1) is 18.4. The Morgan fingerprint density at radius 1 is 1.31 bits per heavy atom. The summed E-state index contributed by atoms with van der Waals surface area (Å²) in [5.74, 6) is -0.0928. The van der Waals surface area contributed by atoms with Gasteiger partial charge in [-0.1, -0.05) is 18.2 Å². The predicted molar refractivity (Wildman–Crippen MR) is 104 cm³/mol. The molecule has 1 atom stereocenters. The molecule has 0 aliphatic carbocycles. The normalized spacial score (nSPS) is 14.5. The van der Waals surface area contributed by atoms with Crippen molar-refractivity contribution in [1.82, 2.24) is 15.6 Å². The summed E-state index contributed by atoms with van der Waals surface area (Å²) in [6.07, 6.45) is 1.93. The van der Waals surface area contributed by atoms with Gasteiger partial charge in [-0.25, -0.2) is 9.78 Å². The molecule has 1 aromatic heterocycles. The summed E-state index contributed by atoms with van der Waals surface area (Å²) in [4.78, 5) is 31.9. The first-order chi connectivity index (χ1) is 12.5. The molecule has 7 heteroatoms. The summed E-state index contributed by atoms with van der Waals surface area (Å²) < 4.78 is 0. The van der Waals surface area contributed by atoms with Gasteiger partial charge in [0.05, 0.1) is 23.3 Å². The number of urea groups is 1. The molecule has 0 radical (unpaired) electrons. The van der Waals surface area contributed by atoms with Crippen LogP contribution in [0, 0.1) is 13.8 Å². The number of carbonyl (C=O) groups is 2. The summed E-state index contributed by atoms with van der Waals surface area (Å²) in [5.41, 5.74) is 3.07. The fourth-order valence-corrected chi connectivity index (χ4v) is 4.24. The number of para-hydroxylation sites is 1. The zero-order chi connectivity index (χ0) is 18.7. The number of nitrogens with zero attached hydrogens (tertiary/aromatic N) is 2. The Morgan fingerprint density at radius 2 is 2.08 bits per heavy atom. The Bertz CT molecular complexity index is 818. The largest absolute Gasteiger partial charge is 0.331 e. The molecule has 2 N–H and O–H groups in total. The van der Waals surface area contributed by atoms with Crippen LogP contribution < -0.4 is 15.5 Å². The number of thiazole rings is 1. The third-order valence-corrected chi connectivity index (χ3v) is 5.75. The van der Waals surface area contributed by atoms with Gasteiger partial charge < -0.3 is 15.5 Å². The van der Waals surface area contributed by atoms with Gasteiger partial charge in [0.15, 0.2) is 0 Å². The Labute approximate surface area is 157 Å². The van der Waals surface area contributed by atoms with Crippen molar-refractivity contribution in [3.8, 4) is 0 Å². The van der Waals surface area contributed by atoms with Crippen molar-refractivity contribution in [3.05, 3.63) is 45.4 Å². The molecule has 1 aromatic carbocycles. The molecule has 26 heavy (non-hydrogen) atoms. The standard InChI is InChI=1S/C19H24N4O2S/c1-12-18(26-14(3)21-12)13(2)22-19(25)20-11-17(24)23-10-6-8-15-7-4-5-9-16(15)23/h4-5,7,9,13H,6,8,10-11H2,1-3H3,(H2,20,22,25)/t13-/m1/s1. The fourth-order valence-electron chi connectivity index (χ4n) is 3.31. The molecule has 3 rings (SSSR count). The van der Waals surface area contributed by atoms with Crippen molar-refractivity contribution in [1.29, 1.82) is 0 Å². The summed E-state index contributed by atoms with van der Waals surface area (Å²) in [5, 5.41) is 6.54. The van der Waals surface area contributed by atoms with Crippen molar-refractivity contribution in [2.24, 2.45) is 0 Å². The highest BCUT2D eigenvalue weighted by atomic mass is 32.1. The van der Waals surface area contributed by atoms with E-state index in [1.165, 1.54) is 5.56 Å². The zero-order valence-corrected chi connectivity index (χ0v) is 16.2. The van der Waals surface area contributed by atoms with Crippen LogP contribution in [0.5, 0.6) is 0 Å². The number of carbonyl (C=O) groups excluding carboxylic acids is 2. The minimum atomic E-state index is -0.346. The van der Waals surface area contributed by atoms with E-state index in [0.717, 1.165) is 34.1 Å². The number of hydrogen-bond donors (Lipinski definition) is 2. The maximum absolute atomic E-state index is 12.6. The van der Waals surface area contributed by atoms with Crippen LogP contribution in [0.2, 0.25) is 0 Å². The van der Waals surface area contributed by atoms with Crippen molar-refractivity contribution < 1.29 is 9.59 Å². The van der Waals surface area contributed by atoms with E-state index in [1.807, 2.05) is 39.0 Å². The van der Waals surface area contributed by atoms with Crippen molar-refractivity contribution in [2.75, 3.05) is 18.0 Å². The summed E-state index contributed by atoms with van der Waals surface area (Å²) >= 11 is 1.58. The quantitative estimate of drug-likeness (QED) is 0.866. The van der Waals surface area contributed by atoms with Gasteiger partial charge in [0.1, 0.15) is 0 Å². The molecule has 1 aliphatic heterocycles. The molecule has 2 heterocycles. The molecular weight excluding hydrogens is 348 g/mol. The molecule has 1 aliphatic rings. The van der Waals surface area contributed by atoms with Gasteiger partial charge in [-0.2, -0.15) is 0 Å². The van der Waals surface area contributed by atoms with Gasteiger partial charge in [-0.3, -0.25) is 4.79 Å². The number of aromatic nitrogens is 1. The number of nitrogens with one attached hydrogen (secondary N) is 2. The average Bonchev–Trinajstić information content (AvgIpc) is 2.97. The lowest BCUT2D eigenvalue weighted by Crippen LogP contribution is -2.45. The van der Waals surface area contributed by atoms with E-state index in [2.05, 4.69) is 21.7 Å². The monoisotopic (exact) mass is 372 g/mol. The number of aryl methyl sites for hydroxylation is 3. The second-order valence-electron chi connectivity index (χ2n) is 6.51. The molecule has 0 saturated carbocycles. The number of hydrogen-bond acceptors (Lipinski definition) is 4. The molecule has 138 valence electrons. The highest BCUT2D eigenvalue weighted by Gasteiger charge is 2.22. The first-order valence-corrected chi connectivity index (χ1v) is 9.64. The lowest BCUT2D eigenvalue weighted by atomic mass is 10.0. The van der Waals surface area contributed by atoms with E-state index in [4.69, 9.17) is 0 Å². The van der Waals surface area contributed by atoms with Crippen LogP contribution in [-0.2, 0) is 11.2 Å². The Balaban J connectivity index is 1.55. The molecule has 0 unspecified atom stereocenters. The molecular formula is C19H24N4O2S. The van der Waals surface area contributed by atoms with Gasteiger partial charge >= 0.3 is 6.03 Å². The van der Waals surface area contributed by atoms with Crippen LogP contribution >= 0.6 is 11.3 Å². The van der Waals surface area contributed by atoms with Crippen LogP contribution in [0.25, 0.3) is 0 Å². The van der Waals surface area contributed by atoms with Crippen LogP contribution in [-0.4, -0.2) is 30.0 Å². The fraction of sp³-hybridized carbons (Fsp3) is 0.421. The number of amides is 3. The lowest BCUT2D eigenvalue weighted by molar-refractivity contribution is -0.117. The maximum Gasteiger partial charge on any atom is 0.315 e. The zero-order valence-electron chi connectivity index (χ0n) is 15.3. The SMILES string of the molecule is Cc1nc(C)c([C@@H](C)NC(=O)NCC(=O)N2CCCc3ccccc32)s1. The van der Waals surface area contributed by atoms with E-state index in [1.54, 1.807) is 16.2 Å². The smallest absolute Gasteiger partial charge is 0.315 e. The average molecular weight is 372 g/mol. The van der Waals surface area contributed by atoms with Gasteiger partial charge in [0.2, 0.25) is 5.91 Å². The maximum atomic E-state index is 12.6. The predicted octanol–water partition coefficient (Wildman–Crippen LogP) is 3.10. The molecule has 0 bridgehead atoms. The first-order valence-electron chi connectivity index (χ1n) is 8.82. The van der Waals surface area contributed by atoms with Crippen molar-refractivity contribution in [2.45, 2.75) is 39.7 Å². The Hall–Kier alpha value is -2.41.